The van der Waals surface area contributed by atoms with Crippen molar-refractivity contribution < 1.29 is 9.53 Å². The van der Waals surface area contributed by atoms with Crippen LogP contribution < -0.4 is 5.73 Å². The highest BCUT2D eigenvalue weighted by molar-refractivity contribution is 5.85. The standard InChI is InChI=1S/C14H21N3O2.ClH/c1-11(15)8-14(18)17-7-4-13(9-17)19-10-12-2-5-16-6-3-12;/h2-3,5-6,11,13H,4,7-10,15H2,1H3;1H. The second-order valence-corrected chi connectivity index (χ2v) is 5.10. The number of halogens is 1. The van der Waals surface area contributed by atoms with Crippen LogP contribution >= 0.6 is 12.4 Å². The molecule has 5 nitrogen and oxygen atoms in total. The Hall–Kier alpha value is -1.17. The van der Waals surface area contributed by atoms with E-state index in [1.54, 1.807) is 12.4 Å². The summed E-state index contributed by atoms with van der Waals surface area (Å²) in [5, 5.41) is 0. The number of nitrogens with zero attached hydrogens (tertiary/aromatic N) is 2. The summed E-state index contributed by atoms with van der Waals surface area (Å²) in [6.07, 6.45) is 4.95. The van der Waals surface area contributed by atoms with Crippen LogP contribution in [0, 0.1) is 0 Å². The van der Waals surface area contributed by atoms with Crippen molar-refractivity contribution in [1.82, 2.24) is 9.88 Å². The molecule has 2 atom stereocenters. The van der Waals surface area contributed by atoms with E-state index in [9.17, 15) is 4.79 Å². The van der Waals surface area contributed by atoms with Gasteiger partial charge in [0.15, 0.2) is 0 Å². The summed E-state index contributed by atoms with van der Waals surface area (Å²) >= 11 is 0. The van der Waals surface area contributed by atoms with E-state index in [0.717, 1.165) is 18.5 Å². The van der Waals surface area contributed by atoms with Gasteiger partial charge in [0.25, 0.3) is 0 Å². The van der Waals surface area contributed by atoms with Crippen molar-refractivity contribution in [3.63, 3.8) is 0 Å². The molecule has 20 heavy (non-hydrogen) atoms. The highest BCUT2D eigenvalue weighted by Crippen LogP contribution is 2.15. The Morgan fingerprint density at radius 3 is 2.90 bits per heavy atom. The van der Waals surface area contributed by atoms with E-state index in [-0.39, 0.29) is 30.5 Å². The number of hydrogen-bond acceptors (Lipinski definition) is 4. The minimum absolute atomic E-state index is 0. The molecule has 0 aliphatic carbocycles. The topological polar surface area (TPSA) is 68.5 Å². The summed E-state index contributed by atoms with van der Waals surface area (Å²) < 4.78 is 5.82. The van der Waals surface area contributed by atoms with Gasteiger partial charge in [-0.2, -0.15) is 0 Å². The van der Waals surface area contributed by atoms with E-state index in [1.807, 2.05) is 24.0 Å². The van der Waals surface area contributed by atoms with E-state index in [0.29, 0.717) is 19.6 Å². The van der Waals surface area contributed by atoms with E-state index in [2.05, 4.69) is 4.98 Å². The lowest BCUT2D eigenvalue weighted by Gasteiger charge is -2.17. The monoisotopic (exact) mass is 299 g/mol. The van der Waals surface area contributed by atoms with Crippen molar-refractivity contribution in [2.24, 2.45) is 5.73 Å². The third-order valence-electron chi connectivity index (χ3n) is 3.23. The molecule has 1 fully saturated rings. The normalized spacial score (nSPS) is 19.5. The number of rotatable bonds is 5. The molecule has 1 aromatic heterocycles. The van der Waals surface area contributed by atoms with Crippen molar-refractivity contribution in [3.8, 4) is 0 Å². The average Bonchev–Trinajstić information content (AvgIpc) is 2.86. The molecule has 0 radical (unpaired) electrons. The summed E-state index contributed by atoms with van der Waals surface area (Å²) in [6, 6.07) is 3.80. The van der Waals surface area contributed by atoms with Gasteiger partial charge in [-0.1, -0.05) is 0 Å². The van der Waals surface area contributed by atoms with Gasteiger partial charge in [-0.25, -0.2) is 0 Å². The number of nitrogens with two attached hydrogens (primary N) is 1. The highest BCUT2D eigenvalue weighted by atomic mass is 35.5. The Bertz CT molecular complexity index is 414. The summed E-state index contributed by atoms with van der Waals surface area (Å²) in [4.78, 5) is 17.7. The lowest BCUT2D eigenvalue weighted by Crippen LogP contribution is -2.34. The molecule has 0 spiro atoms. The van der Waals surface area contributed by atoms with Crippen LogP contribution in [0.5, 0.6) is 0 Å². The summed E-state index contributed by atoms with van der Waals surface area (Å²) in [7, 11) is 0. The van der Waals surface area contributed by atoms with E-state index < -0.39 is 0 Å². The van der Waals surface area contributed by atoms with Gasteiger partial charge in [0.2, 0.25) is 5.91 Å². The zero-order valence-electron chi connectivity index (χ0n) is 11.7. The molecule has 2 heterocycles. The van der Waals surface area contributed by atoms with Crippen LogP contribution in [-0.2, 0) is 16.1 Å². The molecule has 0 aromatic carbocycles. The van der Waals surface area contributed by atoms with Crippen LogP contribution in [0.25, 0.3) is 0 Å². The van der Waals surface area contributed by atoms with Gasteiger partial charge >= 0.3 is 0 Å². The van der Waals surface area contributed by atoms with Gasteiger partial charge < -0.3 is 15.4 Å². The predicted octanol–water partition coefficient (Wildman–Crippen LogP) is 1.36. The molecular weight excluding hydrogens is 278 g/mol. The maximum atomic E-state index is 11.9. The van der Waals surface area contributed by atoms with Gasteiger partial charge in [0.1, 0.15) is 0 Å². The number of carbonyl (C=O) groups is 1. The van der Waals surface area contributed by atoms with Crippen LogP contribution in [0.3, 0.4) is 0 Å². The largest absolute Gasteiger partial charge is 0.372 e. The molecule has 2 N–H and O–H groups in total. The maximum Gasteiger partial charge on any atom is 0.224 e. The first-order valence-corrected chi connectivity index (χ1v) is 6.69. The van der Waals surface area contributed by atoms with Gasteiger partial charge in [-0.05, 0) is 31.0 Å². The smallest absolute Gasteiger partial charge is 0.224 e. The predicted molar refractivity (Wildman–Crippen MR) is 79.5 cm³/mol. The van der Waals surface area contributed by atoms with Crippen LogP contribution in [-0.4, -0.2) is 41.0 Å². The first-order valence-electron chi connectivity index (χ1n) is 6.69. The quantitative estimate of drug-likeness (QED) is 0.891. The van der Waals surface area contributed by atoms with E-state index >= 15 is 0 Å². The Labute approximate surface area is 125 Å². The first kappa shape index (κ1) is 16.9. The number of hydrogen-bond donors (Lipinski definition) is 1. The minimum Gasteiger partial charge on any atom is -0.372 e. The second-order valence-electron chi connectivity index (χ2n) is 5.10. The fraction of sp³-hybridized carbons (Fsp3) is 0.571. The summed E-state index contributed by atoms with van der Waals surface area (Å²) in [6.45, 7) is 3.87. The number of ether oxygens (including phenoxy) is 1. The molecule has 1 saturated heterocycles. The highest BCUT2D eigenvalue weighted by Gasteiger charge is 2.26. The molecule has 6 heteroatoms. The van der Waals surface area contributed by atoms with Gasteiger partial charge in [-0.15, -0.1) is 12.4 Å². The second kappa shape index (κ2) is 8.19. The Morgan fingerprint density at radius 2 is 2.25 bits per heavy atom. The number of amides is 1. The molecule has 2 rings (SSSR count). The third kappa shape index (κ3) is 5.07. The van der Waals surface area contributed by atoms with Crippen molar-refractivity contribution in [3.05, 3.63) is 30.1 Å². The Kier molecular flexibility index (Phi) is 6.91. The van der Waals surface area contributed by atoms with Gasteiger partial charge in [0, 0.05) is 37.9 Å². The molecule has 1 amide bonds. The molecule has 2 unspecified atom stereocenters. The maximum absolute atomic E-state index is 11.9. The van der Waals surface area contributed by atoms with Crippen molar-refractivity contribution in [2.75, 3.05) is 13.1 Å². The SMILES string of the molecule is CC(N)CC(=O)N1CCC(OCc2ccncc2)C1.Cl. The Balaban J connectivity index is 0.00000200. The number of likely N-dealkylation sites (tertiary alicyclic amines) is 1. The fourth-order valence-corrected chi connectivity index (χ4v) is 2.19. The summed E-state index contributed by atoms with van der Waals surface area (Å²) in [5.74, 6) is 0.130. The van der Waals surface area contributed by atoms with Crippen LogP contribution in [0.2, 0.25) is 0 Å². The van der Waals surface area contributed by atoms with Crippen LogP contribution in [0.4, 0.5) is 0 Å². The van der Waals surface area contributed by atoms with Gasteiger partial charge in [-0.3, -0.25) is 9.78 Å². The zero-order chi connectivity index (χ0) is 13.7. The number of carbonyl (C=O) groups excluding carboxylic acids is 1. The lowest BCUT2D eigenvalue weighted by atomic mass is 10.2. The van der Waals surface area contributed by atoms with E-state index in [4.69, 9.17) is 10.5 Å². The van der Waals surface area contributed by atoms with Gasteiger partial charge in [0.05, 0.1) is 12.7 Å². The molecule has 1 aromatic rings. The van der Waals surface area contributed by atoms with Crippen LogP contribution in [0.1, 0.15) is 25.3 Å². The number of pyridine rings is 1. The lowest BCUT2D eigenvalue weighted by molar-refractivity contribution is -0.131. The molecular formula is C14H22ClN3O2. The average molecular weight is 300 g/mol. The Morgan fingerprint density at radius 1 is 1.55 bits per heavy atom. The molecule has 0 saturated carbocycles. The van der Waals surface area contributed by atoms with Crippen molar-refractivity contribution in [2.45, 2.75) is 38.5 Å². The first-order chi connectivity index (χ1) is 9.15. The van der Waals surface area contributed by atoms with Crippen molar-refractivity contribution >= 4 is 18.3 Å². The fourth-order valence-electron chi connectivity index (χ4n) is 2.19. The minimum atomic E-state index is -0.0794. The van der Waals surface area contributed by atoms with Crippen LogP contribution in [0.15, 0.2) is 24.5 Å². The molecule has 1 aliphatic heterocycles. The molecule has 1 aliphatic rings. The number of aromatic nitrogens is 1. The van der Waals surface area contributed by atoms with E-state index in [1.165, 1.54) is 0 Å². The zero-order valence-corrected chi connectivity index (χ0v) is 12.5. The molecule has 112 valence electrons. The molecule has 0 bridgehead atoms. The summed E-state index contributed by atoms with van der Waals surface area (Å²) in [5.41, 5.74) is 6.75. The van der Waals surface area contributed by atoms with Crippen molar-refractivity contribution in [1.29, 1.82) is 0 Å². The third-order valence-corrected chi connectivity index (χ3v) is 3.23.